The Balaban J connectivity index is 1.67. The van der Waals surface area contributed by atoms with E-state index >= 15 is 0 Å². The second-order valence-electron chi connectivity index (χ2n) is 5.82. The number of rotatable bonds is 1. The molecule has 0 aromatic carbocycles. The van der Waals surface area contributed by atoms with Gasteiger partial charge in [0.2, 0.25) is 0 Å². The Kier molecular flexibility index (Phi) is 2.74. The smallest absolute Gasteiger partial charge is 0.110 e. The molecule has 3 N–H and O–H groups in total. The molecule has 2 aliphatic carbocycles. The van der Waals surface area contributed by atoms with Crippen LogP contribution >= 0.6 is 11.3 Å². The molecule has 100 valence electrons. The maximum Gasteiger partial charge on any atom is 0.110 e. The summed E-state index contributed by atoms with van der Waals surface area (Å²) in [4.78, 5) is 10.0. The summed E-state index contributed by atoms with van der Waals surface area (Å²) in [6, 6.07) is 2.63. The first kappa shape index (κ1) is 11.7. The van der Waals surface area contributed by atoms with Crippen molar-refractivity contribution in [3.63, 3.8) is 0 Å². The van der Waals surface area contributed by atoms with Crippen LogP contribution in [-0.4, -0.2) is 16.0 Å². The summed E-state index contributed by atoms with van der Waals surface area (Å²) in [5.41, 5.74) is 9.91. The van der Waals surface area contributed by atoms with Crippen LogP contribution in [0.2, 0.25) is 0 Å². The predicted octanol–water partition coefficient (Wildman–Crippen LogP) is 3.22. The van der Waals surface area contributed by atoms with Crippen molar-refractivity contribution < 1.29 is 0 Å². The van der Waals surface area contributed by atoms with Gasteiger partial charge in [0.25, 0.3) is 0 Å². The Bertz CT molecular complexity index is 590. The van der Waals surface area contributed by atoms with E-state index in [1.165, 1.54) is 40.5 Å². The lowest BCUT2D eigenvalue weighted by Crippen LogP contribution is -2.26. The van der Waals surface area contributed by atoms with Crippen LogP contribution in [0.15, 0.2) is 11.4 Å². The van der Waals surface area contributed by atoms with E-state index in [0.29, 0.717) is 12.0 Å². The Morgan fingerprint density at radius 1 is 1.21 bits per heavy atom. The van der Waals surface area contributed by atoms with Crippen molar-refractivity contribution in [1.82, 2.24) is 9.97 Å². The first-order valence-corrected chi connectivity index (χ1v) is 8.10. The number of imidazole rings is 1. The molecule has 3 nitrogen and oxygen atoms in total. The number of H-pyrrole nitrogens is 1. The SMILES string of the molecule is NC1CCC(c2nc3c([nH]2)CCc2sccc2-3)CC1. The maximum atomic E-state index is 5.99. The second kappa shape index (κ2) is 4.46. The van der Waals surface area contributed by atoms with Crippen molar-refractivity contribution in [2.45, 2.75) is 50.5 Å². The fourth-order valence-corrected chi connectivity index (χ4v) is 4.28. The lowest BCUT2D eigenvalue weighted by molar-refractivity contribution is 0.386. The minimum absolute atomic E-state index is 0.407. The topological polar surface area (TPSA) is 54.7 Å². The maximum absolute atomic E-state index is 5.99. The van der Waals surface area contributed by atoms with Crippen molar-refractivity contribution in [2.75, 3.05) is 0 Å². The first-order valence-electron chi connectivity index (χ1n) is 7.22. The third-order valence-corrected chi connectivity index (χ3v) is 5.54. The highest BCUT2D eigenvalue weighted by Crippen LogP contribution is 2.38. The molecule has 0 amide bonds. The molecule has 0 unspecified atom stereocenters. The molecule has 2 aromatic heterocycles. The lowest BCUT2D eigenvalue weighted by atomic mass is 9.86. The summed E-state index contributed by atoms with van der Waals surface area (Å²) < 4.78 is 0. The number of hydrogen-bond acceptors (Lipinski definition) is 3. The van der Waals surface area contributed by atoms with Gasteiger partial charge in [-0.25, -0.2) is 4.98 Å². The van der Waals surface area contributed by atoms with Gasteiger partial charge >= 0.3 is 0 Å². The third kappa shape index (κ3) is 1.94. The van der Waals surface area contributed by atoms with Crippen LogP contribution in [0.1, 0.15) is 48.0 Å². The fourth-order valence-electron chi connectivity index (χ4n) is 3.40. The van der Waals surface area contributed by atoms with E-state index in [1.807, 2.05) is 11.3 Å². The van der Waals surface area contributed by atoms with E-state index in [-0.39, 0.29) is 0 Å². The van der Waals surface area contributed by atoms with Crippen molar-refractivity contribution in [1.29, 1.82) is 0 Å². The van der Waals surface area contributed by atoms with Crippen molar-refractivity contribution in [3.8, 4) is 11.3 Å². The highest BCUT2D eigenvalue weighted by molar-refractivity contribution is 7.10. The summed E-state index contributed by atoms with van der Waals surface area (Å²) in [6.45, 7) is 0. The lowest BCUT2D eigenvalue weighted by Gasteiger charge is -2.24. The van der Waals surface area contributed by atoms with E-state index in [1.54, 1.807) is 0 Å². The molecule has 0 aliphatic heterocycles. The van der Waals surface area contributed by atoms with E-state index < -0.39 is 0 Å². The van der Waals surface area contributed by atoms with Gasteiger partial charge in [0.15, 0.2) is 0 Å². The van der Waals surface area contributed by atoms with Gasteiger partial charge in [-0.05, 0) is 50.0 Å². The number of nitrogens with one attached hydrogen (secondary N) is 1. The number of aromatic nitrogens is 2. The summed E-state index contributed by atoms with van der Waals surface area (Å²) in [7, 11) is 0. The van der Waals surface area contributed by atoms with Crippen LogP contribution in [0.4, 0.5) is 0 Å². The van der Waals surface area contributed by atoms with Gasteiger partial charge < -0.3 is 10.7 Å². The van der Waals surface area contributed by atoms with E-state index in [0.717, 1.165) is 25.7 Å². The molecule has 0 spiro atoms. The number of hydrogen-bond donors (Lipinski definition) is 2. The molecule has 2 aliphatic rings. The molecule has 0 radical (unpaired) electrons. The van der Waals surface area contributed by atoms with Gasteiger partial charge in [0.05, 0.1) is 5.69 Å². The first-order chi connectivity index (χ1) is 9.31. The number of thiophene rings is 1. The molecular formula is C15H19N3S. The van der Waals surface area contributed by atoms with Gasteiger partial charge in [-0.15, -0.1) is 11.3 Å². The molecule has 2 heterocycles. The zero-order valence-corrected chi connectivity index (χ0v) is 11.8. The third-order valence-electron chi connectivity index (χ3n) is 4.56. The van der Waals surface area contributed by atoms with Crippen LogP contribution in [0.5, 0.6) is 0 Å². The minimum atomic E-state index is 0.407. The van der Waals surface area contributed by atoms with E-state index in [4.69, 9.17) is 10.7 Å². The average Bonchev–Trinajstić information content (AvgIpc) is 3.04. The number of nitrogens with zero attached hydrogens (tertiary/aromatic N) is 1. The molecule has 1 saturated carbocycles. The van der Waals surface area contributed by atoms with E-state index in [9.17, 15) is 0 Å². The number of aryl methyl sites for hydroxylation is 2. The second-order valence-corrected chi connectivity index (χ2v) is 6.82. The summed E-state index contributed by atoms with van der Waals surface area (Å²) in [6.07, 6.45) is 6.92. The number of fused-ring (bicyclic) bond motifs is 3. The van der Waals surface area contributed by atoms with Crippen molar-refractivity contribution in [3.05, 3.63) is 27.8 Å². The van der Waals surface area contributed by atoms with Crippen LogP contribution in [-0.2, 0) is 12.8 Å². The Morgan fingerprint density at radius 3 is 2.89 bits per heavy atom. The van der Waals surface area contributed by atoms with Gasteiger partial charge in [-0.1, -0.05) is 0 Å². The van der Waals surface area contributed by atoms with Gasteiger partial charge in [-0.2, -0.15) is 0 Å². The molecule has 0 atom stereocenters. The van der Waals surface area contributed by atoms with Crippen LogP contribution < -0.4 is 5.73 Å². The monoisotopic (exact) mass is 273 g/mol. The zero-order valence-electron chi connectivity index (χ0n) is 11.0. The standard InChI is InChI=1S/C15H19N3S/c16-10-3-1-9(2-4-10)15-17-12-5-6-13-11(7-8-19-13)14(12)18-15/h7-10H,1-6,16H2,(H,17,18). The Hall–Kier alpha value is -1.13. The van der Waals surface area contributed by atoms with Gasteiger partial charge in [0, 0.05) is 28.1 Å². The summed E-state index contributed by atoms with van der Waals surface area (Å²) in [5, 5.41) is 2.19. The molecule has 1 fully saturated rings. The Morgan fingerprint density at radius 2 is 2.05 bits per heavy atom. The number of aromatic amines is 1. The quantitative estimate of drug-likeness (QED) is 0.838. The normalized spacial score (nSPS) is 25.9. The molecule has 4 rings (SSSR count). The summed E-state index contributed by atoms with van der Waals surface area (Å²) in [5.74, 6) is 1.79. The molecule has 4 heteroatoms. The van der Waals surface area contributed by atoms with Crippen LogP contribution in [0, 0.1) is 0 Å². The van der Waals surface area contributed by atoms with Crippen molar-refractivity contribution in [2.24, 2.45) is 5.73 Å². The molecule has 19 heavy (non-hydrogen) atoms. The van der Waals surface area contributed by atoms with E-state index in [2.05, 4.69) is 16.4 Å². The van der Waals surface area contributed by atoms with Crippen LogP contribution in [0.3, 0.4) is 0 Å². The van der Waals surface area contributed by atoms with Crippen LogP contribution in [0.25, 0.3) is 11.3 Å². The molecule has 0 bridgehead atoms. The highest BCUT2D eigenvalue weighted by atomic mass is 32.1. The Labute approximate surface area is 117 Å². The van der Waals surface area contributed by atoms with Crippen molar-refractivity contribution >= 4 is 11.3 Å². The van der Waals surface area contributed by atoms with Gasteiger partial charge in [0.1, 0.15) is 5.82 Å². The highest BCUT2D eigenvalue weighted by Gasteiger charge is 2.26. The molecule has 0 saturated heterocycles. The number of nitrogens with two attached hydrogens (primary N) is 1. The zero-order chi connectivity index (χ0) is 12.8. The largest absolute Gasteiger partial charge is 0.345 e. The molecular weight excluding hydrogens is 254 g/mol. The minimum Gasteiger partial charge on any atom is -0.345 e. The fraction of sp³-hybridized carbons (Fsp3) is 0.533. The predicted molar refractivity (Wildman–Crippen MR) is 78.5 cm³/mol. The average molecular weight is 273 g/mol. The molecule has 2 aromatic rings. The van der Waals surface area contributed by atoms with Gasteiger partial charge in [-0.3, -0.25) is 0 Å². The summed E-state index contributed by atoms with van der Waals surface area (Å²) >= 11 is 1.86.